The van der Waals surface area contributed by atoms with Crippen molar-refractivity contribution in [1.29, 1.82) is 0 Å². The molecule has 0 radical (unpaired) electrons. The SMILES string of the molecule is Nc1ccc2c(c1)CN(S(=O)(=O)C(F)F)C2. The molecule has 0 aliphatic carbocycles. The highest BCUT2D eigenvalue weighted by molar-refractivity contribution is 7.89. The molecule has 0 atom stereocenters. The van der Waals surface area contributed by atoms with E-state index in [0.717, 1.165) is 9.87 Å². The number of nitrogens with two attached hydrogens (primary N) is 1. The minimum atomic E-state index is -4.50. The number of alkyl halides is 2. The quantitative estimate of drug-likeness (QED) is 0.798. The predicted octanol–water partition coefficient (Wildman–Crippen LogP) is 1.14. The third-order valence-electron chi connectivity index (χ3n) is 2.51. The number of nitrogens with zero attached hydrogens (tertiary/aromatic N) is 1. The number of hydrogen-bond donors (Lipinski definition) is 1. The Hall–Kier alpha value is -1.21. The average molecular weight is 248 g/mol. The molecule has 7 heteroatoms. The van der Waals surface area contributed by atoms with E-state index in [0.29, 0.717) is 11.3 Å². The topological polar surface area (TPSA) is 63.4 Å². The van der Waals surface area contributed by atoms with Crippen LogP contribution in [0.2, 0.25) is 0 Å². The van der Waals surface area contributed by atoms with Gasteiger partial charge >= 0.3 is 5.76 Å². The smallest absolute Gasteiger partial charge is 0.350 e. The zero-order valence-electron chi connectivity index (χ0n) is 8.23. The van der Waals surface area contributed by atoms with Crippen LogP contribution in [-0.4, -0.2) is 18.5 Å². The van der Waals surface area contributed by atoms with Gasteiger partial charge in [-0.15, -0.1) is 0 Å². The Morgan fingerprint density at radius 1 is 1.25 bits per heavy atom. The third-order valence-corrected chi connectivity index (χ3v) is 3.94. The maximum atomic E-state index is 12.3. The first kappa shape index (κ1) is 11.3. The van der Waals surface area contributed by atoms with Gasteiger partial charge < -0.3 is 5.73 Å². The van der Waals surface area contributed by atoms with E-state index < -0.39 is 15.8 Å². The summed E-state index contributed by atoms with van der Waals surface area (Å²) in [5, 5.41) is 0. The van der Waals surface area contributed by atoms with Gasteiger partial charge in [0.05, 0.1) is 0 Å². The molecule has 0 spiro atoms. The summed E-state index contributed by atoms with van der Waals surface area (Å²) in [4.78, 5) is 0. The molecule has 2 rings (SSSR count). The summed E-state index contributed by atoms with van der Waals surface area (Å²) < 4.78 is 47.9. The van der Waals surface area contributed by atoms with Gasteiger partial charge in [0.25, 0.3) is 10.0 Å². The molecule has 2 N–H and O–H groups in total. The summed E-state index contributed by atoms with van der Waals surface area (Å²) in [6.45, 7) is -0.0463. The number of rotatable bonds is 2. The van der Waals surface area contributed by atoms with Crippen LogP contribution in [0.5, 0.6) is 0 Å². The fraction of sp³-hybridized carbons (Fsp3) is 0.333. The Morgan fingerprint density at radius 2 is 1.88 bits per heavy atom. The highest BCUT2D eigenvalue weighted by atomic mass is 32.2. The zero-order chi connectivity index (χ0) is 11.9. The average Bonchev–Trinajstić information content (AvgIpc) is 2.60. The highest BCUT2D eigenvalue weighted by Crippen LogP contribution is 2.28. The van der Waals surface area contributed by atoms with Crippen LogP contribution in [0.4, 0.5) is 14.5 Å². The second-order valence-electron chi connectivity index (χ2n) is 3.60. The van der Waals surface area contributed by atoms with E-state index in [1.807, 2.05) is 0 Å². The molecule has 0 saturated carbocycles. The molecule has 0 aromatic heterocycles. The zero-order valence-corrected chi connectivity index (χ0v) is 9.05. The third kappa shape index (κ3) is 1.76. The van der Waals surface area contributed by atoms with Gasteiger partial charge in [-0.2, -0.15) is 13.1 Å². The number of sulfonamides is 1. The Labute approximate surface area is 91.7 Å². The van der Waals surface area contributed by atoms with Gasteiger partial charge in [-0.3, -0.25) is 0 Å². The van der Waals surface area contributed by atoms with E-state index >= 15 is 0 Å². The fourth-order valence-electron chi connectivity index (χ4n) is 1.68. The lowest BCUT2D eigenvalue weighted by Crippen LogP contribution is -2.30. The summed E-state index contributed by atoms with van der Waals surface area (Å²) >= 11 is 0. The van der Waals surface area contributed by atoms with Crippen LogP contribution < -0.4 is 5.73 Å². The molecule has 0 unspecified atom stereocenters. The first-order valence-corrected chi connectivity index (χ1v) is 6.06. The van der Waals surface area contributed by atoms with E-state index in [4.69, 9.17) is 5.73 Å². The summed E-state index contributed by atoms with van der Waals surface area (Å²) in [5.74, 6) is -3.38. The van der Waals surface area contributed by atoms with Crippen molar-refractivity contribution in [2.45, 2.75) is 18.8 Å². The van der Waals surface area contributed by atoms with E-state index in [-0.39, 0.29) is 13.1 Å². The van der Waals surface area contributed by atoms with E-state index in [1.54, 1.807) is 18.2 Å². The highest BCUT2D eigenvalue weighted by Gasteiger charge is 2.35. The number of nitrogen functional groups attached to an aromatic ring is 1. The summed E-state index contributed by atoms with van der Waals surface area (Å²) in [7, 11) is -4.50. The minimum absolute atomic E-state index is 0.0116. The predicted molar refractivity (Wildman–Crippen MR) is 55.0 cm³/mol. The lowest BCUT2D eigenvalue weighted by atomic mass is 10.1. The van der Waals surface area contributed by atoms with Gasteiger partial charge in [-0.25, -0.2) is 8.42 Å². The molecule has 1 aromatic carbocycles. The molecule has 0 fully saturated rings. The van der Waals surface area contributed by atoms with Crippen LogP contribution in [0.1, 0.15) is 11.1 Å². The van der Waals surface area contributed by atoms with Crippen LogP contribution in [0.3, 0.4) is 0 Å². The molecule has 1 aliphatic heterocycles. The monoisotopic (exact) mass is 248 g/mol. The van der Waals surface area contributed by atoms with Crippen molar-refractivity contribution in [3.63, 3.8) is 0 Å². The molecular formula is C9H10F2N2O2S. The van der Waals surface area contributed by atoms with Gasteiger partial charge in [0.15, 0.2) is 0 Å². The molecule has 88 valence electrons. The Balaban J connectivity index is 2.30. The molecule has 1 aromatic rings. The van der Waals surface area contributed by atoms with Crippen molar-refractivity contribution in [1.82, 2.24) is 4.31 Å². The van der Waals surface area contributed by atoms with Crippen molar-refractivity contribution in [2.75, 3.05) is 5.73 Å². The van der Waals surface area contributed by atoms with E-state index in [1.165, 1.54) is 0 Å². The molecule has 0 bridgehead atoms. The van der Waals surface area contributed by atoms with Gasteiger partial charge in [-0.05, 0) is 23.3 Å². The van der Waals surface area contributed by atoms with Crippen LogP contribution in [0.15, 0.2) is 18.2 Å². The standard InChI is InChI=1S/C9H10F2N2O2S/c10-9(11)16(14,15)13-4-6-1-2-8(12)3-7(6)5-13/h1-3,9H,4-5,12H2. The summed E-state index contributed by atoms with van der Waals surface area (Å²) in [5.41, 5.74) is 7.43. The van der Waals surface area contributed by atoms with E-state index in [9.17, 15) is 17.2 Å². The number of hydrogen-bond acceptors (Lipinski definition) is 3. The largest absolute Gasteiger partial charge is 0.399 e. The van der Waals surface area contributed by atoms with Crippen molar-refractivity contribution in [3.8, 4) is 0 Å². The van der Waals surface area contributed by atoms with Gasteiger partial charge in [0.1, 0.15) is 0 Å². The van der Waals surface area contributed by atoms with Gasteiger partial charge in [0, 0.05) is 18.8 Å². The molecular weight excluding hydrogens is 238 g/mol. The second kappa shape index (κ2) is 3.67. The van der Waals surface area contributed by atoms with Crippen molar-refractivity contribution in [3.05, 3.63) is 29.3 Å². The maximum Gasteiger partial charge on any atom is 0.350 e. The van der Waals surface area contributed by atoms with E-state index in [2.05, 4.69) is 0 Å². The molecule has 1 aliphatic rings. The molecule has 1 heterocycles. The van der Waals surface area contributed by atoms with Crippen LogP contribution in [-0.2, 0) is 23.1 Å². The van der Waals surface area contributed by atoms with Crippen LogP contribution >= 0.6 is 0 Å². The Morgan fingerprint density at radius 3 is 2.50 bits per heavy atom. The fourth-order valence-corrected chi connectivity index (χ4v) is 2.54. The summed E-state index contributed by atoms with van der Waals surface area (Å²) in [6.07, 6.45) is 0. The summed E-state index contributed by atoms with van der Waals surface area (Å²) in [6, 6.07) is 4.89. The normalized spacial score (nSPS) is 16.7. The number of fused-ring (bicyclic) bond motifs is 1. The van der Waals surface area contributed by atoms with Gasteiger partial charge in [0.2, 0.25) is 0 Å². The Bertz CT molecular complexity index is 516. The lowest BCUT2D eigenvalue weighted by Gasteiger charge is -2.13. The van der Waals surface area contributed by atoms with Crippen molar-refractivity contribution in [2.24, 2.45) is 0 Å². The molecule has 16 heavy (non-hydrogen) atoms. The number of anilines is 1. The lowest BCUT2D eigenvalue weighted by molar-refractivity contribution is 0.219. The molecule has 0 saturated heterocycles. The Kier molecular flexibility index (Phi) is 2.59. The molecule has 0 amide bonds. The first-order chi connectivity index (χ1) is 7.41. The first-order valence-electron chi connectivity index (χ1n) is 4.55. The number of benzene rings is 1. The van der Waals surface area contributed by atoms with Crippen LogP contribution in [0.25, 0.3) is 0 Å². The van der Waals surface area contributed by atoms with Crippen molar-refractivity contribution < 1.29 is 17.2 Å². The molecule has 4 nitrogen and oxygen atoms in total. The van der Waals surface area contributed by atoms with Crippen LogP contribution in [0, 0.1) is 0 Å². The number of halogens is 2. The maximum absolute atomic E-state index is 12.3. The van der Waals surface area contributed by atoms with Crippen molar-refractivity contribution >= 4 is 15.7 Å². The van der Waals surface area contributed by atoms with Gasteiger partial charge in [-0.1, -0.05) is 6.07 Å². The minimum Gasteiger partial charge on any atom is -0.399 e. The second-order valence-corrected chi connectivity index (χ2v) is 5.50.